The molecule has 1 unspecified atom stereocenters. The van der Waals surface area contributed by atoms with Crippen molar-refractivity contribution in [3.05, 3.63) is 47.8 Å². The maximum atomic E-state index is 12.5. The Hall–Kier alpha value is -3.60. The fourth-order valence-corrected chi connectivity index (χ4v) is 4.25. The SMILES string of the molecule is COc1cc(CNC(=O)CSc2nnc(C3COc4ccccc4O3)n2C)cc(OC)c1OC. The van der Waals surface area contributed by atoms with Crippen LogP contribution in [0.2, 0.25) is 0 Å². The molecule has 2 aromatic carbocycles. The Morgan fingerprint density at radius 3 is 2.50 bits per heavy atom. The van der Waals surface area contributed by atoms with E-state index in [1.54, 1.807) is 33.5 Å². The number of rotatable bonds is 9. The predicted octanol–water partition coefficient (Wildman–Crippen LogP) is 2.76. The van der Waals surface area contributed by atoms with E-state index in [1.165, 1.54) is 11.8 Å². The summed E-state index contributed by atoms with van der Waals surface area (Å²) in [5.41, 5.74) is 0.823. The second-order valence-corrected chi connectivity index (χ2v) is 8.31. The fraction of sp³-hybridized carbons (Fsp3) is 0.348. The number of thioether (sulfide) groups is 1. The third-order valence-electron chi connectivity index (χ3n) is 5.21. The van der Waals surface area contributed by atoms with E-state index in [4.69, 9.17) is 23.7 Å². The summed E-state index contributed by atoms with van der Waals surface area (Å²) < 4.78 is 29.6. The maximum Gasteiger partial charge on any atom is 0.230 e. The van der Waals surface area contributed by atoms with Gasteiger partial charge in [-0.3, -0.25) is 4.79 Å². The summed E-state index contributed by atoms with van der Waals surface area (Å²) in [7, 11) is 6.49. The highest BCUT2D eigenvalue weighted by Crippen LogP contribution is 2.38. The number of para-hydroxylation sites is 2. The van der Waals surface area contributed by atoms with Crippen molar-refractivity contribution in [2.45, 2.75) is 17.8 Å². The molecule has 1 atom stereocenters. The van der Waals surface area contributed by atoms with Crippen molar-refractivity contribution in [1.29, 1.82) is 0 Å². The number of nitrogens with one attached hydrogen (secondary N) is 1. The van der Waals surface area contributed by atoms with Crippen LogP contribution in [0.1, 0.15) is 17.5 Å². The molecule has 0 saturated heterocycles. The van der Waals surface area contributed by atoms with Gasteiger partial charge in [-0.2, -0.15) is 0 Å². The van der Waals surface area contributed by atoms with Crippen molar-refractivity contribution < 1.29 is 28.5 Å². The van der Waals surface area contributed by atoms with Gasteiger partial charge in [-0.1, -0.05) is 23.9 Å². The zero-order valence-corrected chi connectivity index (χ0v) is 20.2. The van der Waals surface area contributed by atoms with Crippen molar-refractivity contribution in [3.63, 3.8) is 0 Å². The molecule has 1 aliphatic rings. The van der Waals surface area contributed by atoms with Gasteiger partial charge in [0.2, 0.25) is 11.7 Å². The van der Waals surface area contributed by atoms with Crippen LogP contribution in [0.5, 0.6) is 28.7 Å². The molecular formula is C23H26N4O6S. The molecule has 1 aliphatic heterocycles. The number of hydrogen-bond donors (Lipinski definition) is 1. The van der Waals surface area contributed by atoms with E-state index in [9.17, 15) is 4.79 Å². The number of amides is 1. The van der Waals surface area contributed by atoms with Crippen molar-refractivity contribution >= 4 is 17.7 Å². The number of fused-ring (bicyclic) bond motifs is 1. The minimum Gasteiger partial charge on any atom is -0.493 e. The van der Waals surface area contributed by atoms with Gasteiger partial charge < -0.3 is 33.6 Å². The molecule has 11 heteroatoms. The molecule has 1 aromatic heterocycles. The molecule has 0 aliphatic carbocycles. The summed E-state index contributed by atoms with van der Waals surface area (Å²) in [6.07, 6.45) is -0.379. The molecule has 1 N–H and O–H groups in total. The van der Waals surface area contributed by atoms with E-state index < -0.39 is 0 Å². The quantitative estimate of drug-likeness (QED) is 0.457. The first-order chi connectivity index (χ1) is 16.5. The summed E-state index contributed by atoms with van der Waals surface area (Å²) in [5.74, 6) is 3.61. The highest BCUT2D eigenvalue weighted by molar-refractivity contribution is 7.99. The molecule has 3 aromatic rings. The van der Waals surface area contributed by atoms with Crippen LogP contribution in [0.25, 0.3) is 0 Å². The van der Waals surface area contributed by atoms with Crippen LogP contribution in [-0.4, -0.2) is 54.4 Å². The number of methoxy groups -OCH3 is 3. The van der Waals surface area contributed by atoms with Crippen LogP contribution in [0.3, 0.4) is 0 Å². The number of aromatic nitrogens is 3. The number of carbonyl (C=O) groups excluding carboxylic acids is 1. The summed E-state index contributed by atoms with van der Waals surface area (Å²) in [6, 6.07) is 11.1. The van der Waals surface area contributed by atoms with E-state index in [1.807, 2.05) is 35.9 Å². The van der Waals surface area contributed by atoms with Gasteiger partial charge in [0.05, 0.1) is 27.1 Å². The smallest absolute Gasteiger partial charge is 0.230 e. The molecule has 1 amide bonds. The Kier molecular flexibility index (Phi) is 7.31. The Balaban J connectivity index is 1.33. The first-order valence-electron chi connectivity index (χ1n) is 10.5. The largest absolute Gasteiger partial charge is 0.493 e. The van der Waals surface area contributed by atoms with Gasteiger partial charge in [0, 0.05) is 13.6 Å². The van der Waals surface area contributed by atoms with Crippen LogP contribution < -0.4 is 29.0 Å². The van der Waals surface area contributed by atoms with Gasteiger partial charge in [0.25, 0.3) is 0 Å². The van der Waals surface area contributed by atoms with Gasteiger partial charge in [-0.15, -0.1) is 10.2 Å². The van der Waals surface area contributed by atoms with Gasteiger partial charge in [-0.25, -0.2) is 0 Å². The van der Waals surface area contributed by atoms with Crippen LogP contribution in [0.15, 0.2) is 41.6 Å². The Labute approximate surface area is 201 Å². The molecule has 2 heterocycles. The summed E-state index contributed by atoms with van der Waals surface area (Å²) in [4.78, 5) is 12.5. The Morgan fingerprint density at radius 1 is 1.12 bits per heavy atom. The van der Waals surface area contributed by atoms with Crippen molar-refractivity contribution in [3.8, 4) is 28.7 Å². The lowest BCUT2D eigenvalue weighted by molar-refractivity contribution is -0.118. The maximum absolute atomic E-state index is 12.5. The Bertz CT molecular complexity index is 1140. The molecule has 4 rings (SSSR count). The zero-order chi connectivity index (χ0) is 24.1. The molecule has 10 nitrogen and oxygen atoms in total. The average Bonchev–Trinajstić information content (AvgIpc) is 3.25. The number of carbonyl (C=O) groups is 1. The van der Waals surface area contributed by atoms with E-state index in [0.717, 1.165) is 5.56 Å². The standard InChI is InChI=1S/C23H26N4O6S/c1-27-22(19-12-32-15-7-5-6-8-16(15)33-19)25-26-23(27)34-13-20(28)24-11-14-9-17(29-2)21(31-4)18(10-14)30-3/h5-10,19H,11-13H2,1-4H3,(H,24,28). The van der Waals surface area contributed by atoms with Crippen LogP contribution >= 0.6 is 11.8 Å². The molecule has 0 spiro atoms. The summed E-state index contributed by atoms with van der Waals surface area (Å²) >= 11 is 1.29. The van der Waals surface area contributed by atoms with Crippen molar-refractivity contribution in [2.24, 2.45) is 7.05 Å². The minimum atomic E-state index is -0.379. The monoisotopic (exact) mass is 486 g/mol. The molecule has 0 saturated carbocycles. The minimum absolute atomic E-state index is 0.144. The number of nitrogens with zero attached hydrogens (tertiary/aromatic N) is 3. The van der Waals surface area contributed by atoms with Crippen LogP contribution in [-0.2, 0) is 18.4 Å². The predicted molar refractivity (Wildman–Crippen MR) is 125 cm³/mol. The van der Waals surface area contributed by atoms with Gasteiger partial charge in [0.15, 0.2) is 40.1 Å². The first-order valence-corrected chi connectivity index (χ1v) is 11.5. The number of ether oxygens (including phenoxy) is 5. The molecule has 34 heavy (non-hydrogen) atoms. The third-order valence-corrected chi connectivity index (χ3v) is 6.23. The lowest BCUT2D eigenvalue weighted by Gasteiger charge is -2.25. The fourth-order valence-electron chi connectivity index (χ4n) is 3.50. The van der Waals surface area contributed by atoms with Crippen LogP contribution in [0.4, 0.5) is 0 Å². The van der Waals surface area contributed by atoms with Gasteiger partial charge in [-0.05, 0) is 29.8 Å². The summed E-state index contributed by atoms with van der Waals surface area (Å²) in [5, 5.41) is 12.0. The second kappa shape index (κ2) is 10.6. The van der Waals surface area contributed by atoms with E-state index in [-0.39, 0.29) is 17.8 Å². The average molecular weight is 487 g/mol. The van der Waals surface area contributed by atoms with Crippen molar-refractivity contribution in [1.82, 2.24) is 20.1 Å². The van der Waals surface area contributed by atoms with Gasteiger partial charge >= 0.3 is 0 Å². The third kappa shape index (κ3) is 4.98. The molecule has 0 bridgehead atoms. The zero-order valence-electron chi connectivity index (χ0n) is 19.4. The molecule has 0 radical (unpaired) electrons. The first kappa shape index (κ1) is 23.6. The van der Waals surface area contributed by atoms with E-state index in [2.05, 4.69) is 15.5 Å². The van der Waals surface area contributed by atoms with Gasteiger partial charge in [0.1, 0.15) is 6.61 Å². The number of hydrogen-bond acceptors (Lipinski definition) is 9. The lowest BCUT2D eigenvalue weighted by Crippen LogP contribution is -2.25. The lowest BCUT2D eigenvalue weighted by atomic mass is 10.2. The van der Waals surface area contributed by atoms with E-state index in [0.29, 0.717) is 52.9 Å². The highest BCUT2D eigenvalue weighted by atomic mass is 32.2. The molecular weight excluding hydrogens is 460 g/mol. The normalized spacial score (nSPS) is 14.4. The number of benzene rings is 2. The molecule has 180 valence electrons. The highest BCUT2D eigenvalue weighted by Gasteiger charge is 2.27. The summed E-state index contributed by atoms with van der Waals surface area (Å²) in [6.45, 7) is 0.649. The van der Waals surface area contributed by atoms with Crippen molar-refractivity contribution in [2.75, 3.05) is 33.7 Å². The van der Waals surface area contributed by atoms with E-state index >= 15 is 0 Å². The molecule has 0 fully saturated rings. The Morgan fingerprint density at radius 2 is 1.82 bits per heavy atom. The topological polar surface area (TPSA) is 106 Å². The van der Waals surface area contributed by atoms with Crippen LogP contribution in [0, 0.1) is 0 Å². The second-order valence-electron chi connectivity index (χ2n) is 7.36.